The second kappa shape index (κ2) is 6.43. The van der Waals surface area contributed by atoms with Crippen LogP contribution >= 0.6 is 11.6 Å². The molecule has 0 aromatic heterocycles. The molecule has 0 aliphatic heterocycles. The summed E-state index contributed by atoms with van der Waals surface area (Å²) in [5.74, 6) is -0.0117. The Morgan fingerprint density at radius 2 is 1.95 bits per heavy atom. The van der Waals surface area contributed by atoms with Gasteiger partial charge < -0.3 is 4.90 Å². The average molecular weight is 299 g/mol. The van der Waals surface area contributed by atoms with E-state index in [0.717, 1.165) is 5.69 Å². The minimum Gasteiger partial charge on any atom is -0.364 e. The van der Waals surface area contributed by atoms with Gasteiger partial charge in [0.25, 0.3) is 0 Å². The monoisotopic (exact) mass is 298 g/mol. The maximum atomic E-state index is 12.5. The van der Waals surface area contributed by atoms with E-state index in [1.54, 1.807) is 42.5 Å². The topological polar surface area (TPSA) is 44.1 Å². The van der Waals surface area contributed by atoms with E-state index in [0.29, 0.717) is 16.1 Å². The molecule has 0 saturated heterocycles. The summed E-state index contributed by atoms with van der Waals surface area (Å²) in [6.07, 6.45) is 0. The number of likely N-dealkylation sites (N-methyl/N-ethyl adjacent to an activating group) is 1. The molecule has 2 aromatic rings. The first-order valence-electron chi connectivity index (χ1n) is 6.55. The predicted octanol–water partition coefficient (Wildman–Crippen LogP) is 3.92. The van der Waals surface area contributed by atoms with Crippen molar-refractivity contribution in [3.8, 4) is 6.07 Å². The first-order chi connectivity index (χ1) is 10.0. The highest BCUT2D eigenvalue weighted by Gasteiger charge is 2.20. The number of hydrogen-bond donors (Lipinski definition) is 0. The van der Waals surface area contributed by atoms with Crippen molar-refractivity contribution >= 4 is 23.1 Å². The minimum atomic E-state index is -0.350. The third kappa shape index (κ3) is 3.42. The second-order valence-corrected chi connectivity index (χ2v) is 5.26. The van der Waals surface area contributed by atoms with Crippen LogP contribution < -0.4 is 4.90 Å². The van der Waals surface area contributed by atoms with Gasteiger partial charge in [-0.25, -0.2) is 0 Å². The summed E-state index contributed by atoms with van der Waals surface area (Å²) in [4.78, 5) is 14.4. The lowest BCUT2D eigenvalue weighted by molar-refractivity contribution is 0.0966. The molecule has 0 saturated carbocycles. The smallest absolute Gasteiger partial charge is 0.184 e. The van der Waals surface area contributed by atoms with E-state index in [-0.39, 0.29) is 11.8 Å². The van der Waals surface area contributed by atoms with E-state index in [1.807, 2.05) is 24.9 Å². The molecule has 0 fully saturated rings. The van der Waals surface area contributed by atoms with Crippen molar-refractivity contribution < 1.29 is 4.79 Å². The summed E-state index contributed by atoms with van der Waals surface area (Å²) >= 11 is 5.93. The molecule has 0 bridgehead atoms. The molecule has 2 aromatic carbocycles. The summed E-state index contributed by atoms with van der Waals surface area (Å²) in [5, 5.41) is 9.49. The van der Waals surface area contributed by atoms with Gasteiger partial charge in [0, 0.05) is 23.3 Å². The van der Waals surface area contributed by atoms with Gasteiger partial charge in [-0.1, -0.05) is 29.8 Å². The molecule has 0 amide bonds. The van der Waals surface area contributed by atoms with E-state index in [9.17, 15) is 4.79 Å². The largest absolute Gasteiger partial charge is 0.364 e. The fourth-order valence-corrected chi connectivity index (χ4v) is 2.27. The number of rotatable bonds is 4. The Morgan fingerprint density at radius 1 is 1.24 bits per heavy atom. The van der Waals surface area contributed by atoms with Crippen LogP contribution in [-0.2, 0) is 0 Å². The Bertz CT molecular complexity index is 706. The Labute approximate surface area is 129 Å². The fourth-order valence-electron chi connectivity index (χ4n) is 2.08. The van der Waals surface area contributed by atoms with Gasteiger partial charge in [-0.2, -0.15) is 5.26 Å². The van der Waals surface area contributed by atoms with Gasteiger partial charge in [-0.3, -0.25) is 4.79 Å². The lowest BCUT2D eigenvalue weighted by Gasteiger charge is -2.26. The fraction of sp³-hybridized carbons (Fsp3) is 0.176. The molecule has 4 heteroatoms. The van der Waals surface area contributed by atoms with Gasteiger partial charge in [0.05, 0.1) is 17.7 Å². The predicted molar refractivity (Wildman–Crippen MR) is 84.8 cm³/mol. The minimum absolute atomic E-state index is 0.0117. The van der Waals surface area contributed by atoms with Crippen LogP contribution in [-0.4, -0.2) is 18.9 Å². The van der Waals surface area contributed by atoms with Gasteiger partial charge in [-0.05, 0) is 37.3 Å². The molecule has 21 heavy (non-hydrogen) atoms. The molecule has 1 unspecified atom stereocenters. The standard InChI is InChI=1S/C17H15ClN2O/c1-12(17(21)14-6-4-7-15(18)10-14)20(2)16-8-3-5-13(9-16)11-19/h3-10,12H,1-2H3. The Hall–Kier alpha value is -2.31. The number of carbonyl (C=O) groups excluding carboxylic acids is 1. The zero-order valence-electron chi connectivity index (χ0n) is 11.9. The van der Waals surface area contributed by atoms with Crippen LogP contribution in [0.2, 0.25) is 5.02 Å². The molecule has 0 spiro atoms. The second-order valence-electron chi connectivity index (χ2n) is 4.82. The highest BCUT2D eigenvalue weighted by Crippen LogP contribution is 2.20. The number of nitriles is 1. The number of anilines is 1. The SMILES string of the molecule is CC(C(=O)c1cccc(Cl)c1)N(C)c1cccc(C#N)c1. The number of halogens is 1. The third-order valence-electron chi connectivity index (χ3n) is 3.45. The van der Waals surface area contributed by atoms with Gasteiger partial charge in [0.2, 0.25) is 0 Å². The molecule has 0 aliphatic carbocycles. The molecule has 1 atom stereocenters. The van der Waals surface area contributed by atoms with E-state index in [2.05, 4.69) is 6.07 Å². The Morgan fingerprint density at radius 3 is 2.62 bits per heavy atom. The molecule has 3 nitrogen and oxygen atoms in total. The van der Waals surface area contributed by atoms with Crippen molar-refractivity contribution in [1.29, 1.82) is 5.26 Å². The Kier molecular flexibility index (Phi) is 4.62. The van der Waals surface area contributed by atoms with Crippen molar-refractivity contribution in [2.75, 3.05) is 11.9 Å². The van der Waals surface area contributed by atoms with Crippen molar-refractivity contribution in [2.24, 2.45) is 0 Å². The molecule has 0 heterocycles. The van der Waals surface area contributed by atoms with E-state index < -0.39 is 0 Å². The van der Waals surface area contributed by atoms with Gasteiger partial charge in [0.1, 0.15) is 0 Å². The quantitative estimate of drug-likeness (QED) is 0.804. The van der Waals surface area contributed by atoms with Crippen LogP contribution in [0.1, 0.15) is 22.8 Å². The van der Waals surface area contributed by atoms with Gasteiger partial charge in [0.15, 0.2) is 5.78 Å². The van der Waals surface area contributed by atoms with Crippen LogP contribution in [0.15, 0.2) is 48.5 Å². The number of Topliss-reactive ketones (excluding diaryl/α,β-unsaturated/α-hetero) is 1. The highest BCUT2D eigenvalue weighted by molar-refractivity contribution is 6.31. The van der Waals surface area contributed by atoms with Crippen molar-refractivity contribution in [2.45, 2.75) is 13.0 Å². The van der Waals surface area contributed by atoms with Crippen molar-refractivity contribution in [1.82, 2.24) is 0 Å². The first kappa shape index (κ1) is 15.1. The van der Waals surface area contributed by atoms with Gasteiger partial charge >= 0.3 is 0 Å². The number of ketones is 1. The van der Waals surface area contributed by atoms with Crippen molar-refractivity contribution in [3.63, 3.8) is 0 Å². The summed E-state index contributed by atoms with van der Waals surface area (Å²) in [7, 11) is 1.84. The number of nitrogens with zero attached hydrogens (tertiary/aromatic N) is 2. The molecular formula is C17H15ClN2O. The summed E-state index contributed by atoms with van der Waals surface area (Å²) < 4.78 is 0. The zero-order valence-corrected chi connectivity index (χ0v) is 12.6. The van der Waals surface area contributed by atoms with Gasteiger partial charge in [-0.15, -0.1) is 0 Å². The van der Waals surface area contributed by atoms with E-state index in [1.165, 1.54) is 0 Å². The lowest BCUT2D eigenvalue weighted by atomic mass is 10.0. The molecular weight excluding hydrogens is 284 g/mol. The van der Waals surface area contributed by atoms with Crippen LogP contribution in [0, 0.1) is 11.3 Å². The summed E-state index contributed by atoms with van der Waals surface area (Å²) in [6, 6.07) is 15.9. The Balaban J connectivity index is 2.24. The molecule has 0 aliphatic rings. The van der Waals surface area contributed by atoms with Crippen LogP contribution in [0.4, 0.5) is 5.69 Å². The van der Waals surface area contributed by atoms with E-state index >= 15 is 0 Å². The number of carbonyl (C=O) groups is 1. The lowest BCUT2D eigenvalue weighted by Crippen LogP contribution is -2.36. The van der Waals surface area contributed by atoms with Crippen LogP contribution in [0.3, 0.4) is 0 Å². The van der Waals surface area contributed by atoms with Crippen LogP contribution in [0.25, 0.3) is 0 Å². The first-order valence-corrected chi connectivity index (χ1v) is 6.93. The van der Waals surface area contributed by atoms with Crippen LogP contribution in [0.5, 0.6) is 0 Å². The molecule has 0 N–H and O–H groups in total. The molecule has 2 rings (SSSR count). The average Bonchev–Trinajstić information content (AvgIpc) is 2.52. The van der Waals surface area contributed by atoms with E-state index in [4.69, 9.17) is 16.9 Å². The normalized spacial score (nSPS) is 11.5. The molecule has 106 valence electrons. The highest BCUT2D eigenvalue weighted by atomic mass is 35.5. The number of benzene rings is 2. The number of hydrogen-bond acceptors (Lipinski definition) is 3. The maximum absolute atomic E-state index is 12.5. The van der Waals surface area contributed by atoms with Crippen molar-refractivity contribution in [3.05, 3.63) is 64.7 Å². The maximum Gasteiger partial charge on any atom is 0.184 e. The third-order valence-corrected chi connectivity index (χ3v) is 3.69. The summed E-state index contributed by atoms with van der Waals surface area (Å²) in [5.41, 5.74) is 1.98. The molecule has 0 radical (unpaired) electrons. The zero-order chi connectivity index (χ0) is 15.4. The summed E-state index contributed by atoms with van der Waals surface area (Å²) in [6.45, 7) is 1.84.